The number of hydrogen-bond acceptors (Lipinski definition) is 2. The first kappa shape index (κ1) is 13.2. The number of carbonyl (C=O) groups is 1. The molecular weight excluding hydrogens is 178 g/mol. The summed E-state index contributed by atoms with van der Waals surface area (Å²) in [6.07, 6.45) is 1.77. The molecule has 0 bridgehead atoms. The molecular formula is C11H21NO2. The summed E-state index contributed by atoms with van der Waals surface area (Å²) >= 11 is 0. The van der Waals surface area contributed by atoms with Crippen molar-refractivity contribution in [3.8, 4) is 0 Å². The Morgan fingerprint density at radius 3 is 2.00 bits per heavy atom. The van der Waals surface area contributed by atoms with E-state index in [9.17, 15) is 4.79 Å². The van der Waals surface area contributed by atoms with Crippen molar-refractivity contribution in [3.05, 3.63) is 11.6 Å². The van der Waals surface area contributed by atoms with Crippen molar-refractivity contribution in [2.24, 2.45) is 0 Å². The van der Waals surface area contributed by atoms with Gasteiger partial charge in [0.05, 0.1) is 0 Å². The van der Waals surface area contributed by atoms with Gasteiger partial charge in [0, 0.05) is 24.2 Å². The maximum atomic E-state index is 10.6. The normalized spacial score (nSPS) is 13.0. The van der Waals surface area contributed by atoms with Crippen LogP contribution in [0.2, 0.25) is 0 Å². The Labute approximate surface area is 86.4 Å². The Kier molecular flexibility index (Phi) is 5.46. The number of carboxylic acids is 1. The summed E-state index contributed by atoms with van der Waals surface area (Å²) in [6, 6.07) is 0.876. The fraction of sp³-hybridized carbons (Fsp3) is 0.727. The minimum Gasteiger partial charge on any atom is -0.478 e. The van der Waals surface area contributed by atoms with Gasteiger partial charge in [0.1, 0.15) is 0 Å². The SMILES string of the molecule is CC(=CCN(C(C)C)C(C)C)C(=O)O. The third-order valence-electron chi connectivity index (χ3n) is 2.27. The lowest BCUT2D eigenvalue weighted by atomic mass is 10.2. The van der Waals surface area contributed by atoms with Crippen LogP contribution < -0.4 is 0 Å². The number of aliphatic carboxylic acids is 1. The van der Waals surface area contributed by atoms with Gasteiger partial charge in [-0.05, 0) is 34.6 Å². The van der Waals surface area contributed by atoms with Crippen molar-refractivity contribution >= 4 is 5.97 Å². The smallest absolute Gasteiger partial charge is 0.330 e. The molecule has 0 radical (unpaired) electrons. The summed E-state index contributed by atoms with van der Waals surface area (Å²) in [5.74, 6) is -0.836. The summed E-state index contributed by atoms with van der Waals surface area (Å²) < 4.78 is 0. The Balaban J connectivity index is 4.33. The number of rotatable bonds is 5. The van der Waals surface area contributed by atoms with E-state index in [-0.39, 0.29) is 0 Å². The van der Waals surface area contributed by atoms with Crippen LogP contribution in [-0.4, -0.2) is 34.6 Å². The van der Waals surface area contributed by atoms with Crippen LogP contribution in [0.25, 0.3) is 0 Å². The molecule has 3 nitrogen and oxygen atoms in total. The van der Waals surface area contributed by atoms with E-state index in [1.807, 2.05) is 0 Å². The highest BCUT2D eigenvalue weighted by Crippen LogP contribution is 2.05. The second kappa shape index (κ2) is 5.81. The molecule has 0 saturated carbocycles. The van der Waals surface area contributed by atoms with Crippen LogP contribution in [0, 0.1) is 0 Å². The summed E-state index contributed by atoms with van der Waals surface area (Å²) in [7, 11) is 0. The standard InChI is InChI=1S/C11H21NO2/c1-8(2)12(9(3)4)7-6-10(5)11(13)14/h6,8-9H,7H2,1-5H3,(H,13,14). The molecule has 0 heterocycles. The summed E-state index contributed by atoms with van der Waals surface area (Å²) in [5.41, 5.74) is 0.413. The van der Waals surface area contributed by atoms with E-state index < -0.39 is 5.97 Å². The zero-order valence-corrected chi connectivity index (χ0v) is 9.74. The van der Waals surface area contributed by atoms with Crippen LogP contribution >= 0.6 is 0 Å². The van der Waals surface area contributed by atoms with Gasteiger partial charge in [-0.2, -0.15) is 0 Å². The Morgan fingerprint density at radius 1 is 1.29 bits per heavy atom. The Bertz CT molecular complexity index is 211. The molecule has 0 aromatic carbocycles. The maximum absolute atomic E-state index is 10.6. The van der Waals surface area contributed by atoms with E-state index in [2.05, 4.69) is 32.6 Å². The molecule has 0 aliphatic carbocycles. The van der Waals surface area contributed by atoms with Crippen LogP contribution in [0.3, 0.4) is 0 Å². The molecule has 0 spiro atoms. The van der Waals surface area contributed by atoms with Crippen LogP contribution in [0.15, 0.2) is 11.6 Å². The summed E-state index contributed by atoms with van der Waals surface area (Å²) in [6.45, 7) is 10.8. The predicted octanol–water partition coefficient (Wildman–Crippen LogP) is 2.14. The van der Waals surface area contributed by atoms with Crippen molar-refractivity contribution < 1.29 is 9.90 Å². The molecule has 0 saturated heterocycles. The fourth-order valence-corrected chi connectivity index (χ4v) is 1.35. The van der Waals surface area contributed by atoms with Crippen molar-refractivity contribution in [2.45, 2.75) is 46.7 Å². The van der Waals surface area contributed by atoms with Gasteiger partial charge in [-0.15, -0.1) is 0 Å². The average molecular weight is 199 g/mol. The van der Waals surface area contributed by atoms with Gasteiger partial charge >= 0.3 is 5.97 Å². The van der Waals surface area contributed by atoms with Gasteiger partial charge in [0.15, 0.2) is 0 Å². The lowest BCUT2D eigenvalue weighted by Crippen LogP contribution is -2.37. The topological polar surface area (TPSA) is 40.5 Å². The van der Waals surface area contributed by atoms with E-state index in [4.69, 9.17) is 5.11 Å². The van der Waals surface area contributed by atoms with Gasteiger partial charge in [-0.25, -0.2) is 4.79 Å². The predicted molar refractivity (Wildman–Crippen MR) is 58.4 cm³/mol. The number of nitrogens with zero attached hydrogens (tertiary/aromatic N) is 1. The highest BCUT2D eigenvalue weighted by Gasteiger charge is 2.11. The third kappa shape index (κ3) is 4.42. The molecule has 0 unspecified atom stereocenters. The van der Waals surface area contributed by atoms with E-state index in [1.54, 1.807) is 13.0 Å². The van der Waals surface area contributed by atoms with E-state index in [1.165, 1.54) is 0 Å². The molecule has 0 amide bonds. The largest absolute Gasteiger partial charge is 0.478 e. The molecule has 0 fully saturated rings. The molecule has 14 heavy (non-hydrogen) atoms. The van der Waals surface area contributed by atoms with Gasteiger partial charge in [0.2, 0.25) is 0 Å². The van der Waals surface area contributed by atoms with E-state index >= 15 is 0 Å². The minimum absolute atomic E-state index is 0.413. The van der Waals surface area contributed by atoms with Crippen LogP contribution in [0.1, 0.15) is 34.6 Å². The van der Waals surface area contributed by atoms with Gasteiger partial charge in [-0.3, -0.25) is 4.90 Å². The third-order valence-corrected chi connectivity index (χ3v) is 2.27. The van der Waals surface area contributed by atoms with E-state index in [0.717, 1.165) is 0 Å². The molecule has 0 aromatic rings. The van der Waals surface area contributed by atoms with Gasteiger partial charge in [0.25, 0.3) is 0 Å². The summed E-state index contributed by atoms with van der Waals surface area (Å²) in [5, 5.41) is 8.69. The zero-order valence-electron chi connectivity index (χ0n) is 9.74. The van der Waals surface area contributed by atoms with Gasteiger partial charge in [-0.1, -0.05) is 6.08 Å². The number of carboxylic acid groups (broad SMARTS) is 1. The van der Waals surface area contributed by atoms with Crippen LogP contribution in [0.5, 0.6) is 0 Å². The quantitative estimate of drug-likeness (QED) is 0.690. The molecule has 0 aromatic heterocycles. The van der Waals surface area contributed by atoms with Crippen molar-refractivity contribution in [3.63, 3.8) is 0 Å². The molecule has 82 valence electrons. The van der Waals surface area contributed by atoms with Crippen molar-refractivity contribution in [1.29, 1.82) is 0 Å². The molecule has 0 aliphatic rings. The molecule has 3 heteroatoms. The van der Waals surface area contributed by atoms with Crippen LogP contribution in [0.4, 0.5) is 0 Å². The molecule has 0 aliphatic heterocycles. The first-order valence-electron chi connectivity index (χ1n) is 5.02. The molecule has 1 N–H and O–H groups in total. The highest BCUT2D eigenvalue weighted by molar-refractivity contribution is 5.85. The zero-order chi connectivity index (χ0) is 11.3. The highest BCUT2D eigenvalue weighted by atomic mass is 16.4. The number of hydrogen-bond donors (Lipinski definition) is 1. The minimum atomic E-state index is -0.836. The Hall–Kier alpha value is -0.830. The molecule has 0 rings (SSSR count). The van der Waals surface area contributed by atoms with E-state index in [0.29, 0.717) is 24.2 Å². The molecule has 0 atom stereocenters. The summed E-state index contributed by atoms with van der Waals surface area (Å²) in [4.78, 5) is 12.8. The van der Waals surface area contributed by atoms with Gasteiger partial charge < -0.3 is 5.11 Å². The lowest BCUT2D eigenvalue weighted by Gasteiger charge is -2.29. The Morgan fingerprint density at radius 2 is 1.71 bits per heavy atom. The maximum Gasteiger partial charge on any atom is 0.330 e. The van der Waals surface area contributed by atoms with Crippen LogP contribution in [-0.2, 0) is 4.79 Å². The average Bonchev–Trinajstić information content (AvgIpc) is 2.02. The first-order valence-corrected chi connectivity index (χ1v) is 5.02. The van der Waals surface area contributed by atoms with Crippen molar-refractivity contribution in [1.82, 2.24) is 4.90 Å². The second-order valence-corrected chi connectivity index (χ2v) is 4.08. The lowest BCUT2D eigenvalue weighted by molar-refractivity contribution is -0.132. The fourth-order valence-electron chi connectivity index (χ4n) is 1.35. The first-order chi connectivity index (χ1) is 6.36. The van der Waals surface area contributed by atoms with Crippen molar-refractivity contribution in [2.75, 3.05) is 6.54 Å². The monoisotopic (exact) mass is 199 g/mol. The second-order valence-electron chi connectivity index (χ2n) is 4.08.